The summed E-state index contributed by atoms with van der Waals surface area (Å²) in [5.41, 5.74) is 0.955. The molecular weight excluding hydrogens is 371 g/mol. The SMILES string of the molecule is COC(=O)NC(=O)c1c(NC(=O)c2ccccc2F)sc2c1CC[C@@H](C)C2. The number of amides is 3. The van der Waals surface area contributed by atoms with Crippen LogP contribution in [0.3, 0.4) is 0 Å². The highest BCUT2D eigenvalue weighted by molar-refractivity contribution is 7.17. The van der Waals surface area contributed by atoms with Crippen molar-refractivity contribution in [3.8, 4) is 0 Å². The van der Waals surface area contributed by atoms with Gasteiger partial charge in [-0.2, -0.15) is 0 Å². The van der Waals surface area contributed by atoms with Gasteiger partial charge in [-0.1, -0.05) is 19.1 Å². The number of fused-ring (bicyclic) bond motifs is 1. The Morgan fingerprint density at radius 2 is 1.96 bits per heavy atom. The van der Waals surface area contributed by atoms with Crippen molar-refractivity contribution in [2.24, 2.45) is 5.92 Å². The topological polar surface area (TPSA) is 84.5 Å². The van der Waals surface area contributed by atoms with E-state index in [1.165, 1.54) is 29.5 Å². The molecule has 8 heteroatoms. The largest absolute Gasteiger partial charge is 0.453 e. The van der Waals surface area contributed by atoms with Crippen molar-refractivity contribution >= 4 is 34.2 Å². The predicted octanol–water partition coefficient (Wildman–Crippen LogP) is 3.76. The van der Waals surface area contributed by atoms with E-state index in [4.69, 9.17) is 0 Å². The summed E-state index contributed by atoms with van der Waals surface area (Å²) in [5.74, 6) is -1.47. The average molecular weight is 390 g/mol. The summed E-state index contributed by atoms with van der Waals surface area (Å²) in [6, 6.07) is 5.62. The van der Waals surface area contributed by atoms with Crippen LogP contribution in [0.1, 0.15) is 44.5 Å². The molecule has 1 atom stereocenters. The average Bonchev–Trinajstić information content (AvgIpc) is 2.98. The minimum absolute atomic E-state index is 0.114. The van der Waals surface area contributed by atoms with Crippen LogP contribution in [-0.2, 0) is 17.6 Å². The Balaban J connectivity index is 1.96. The van der Waals surface area contributed by atoms with Crippen LogP contribution in [0.25, 0.3) is 0 Å². The van der Waals surface area contributed by atoms with Gasteiger partial charge in [-0.05, 0) is 42.9 Å². The number of hydrogen-bond acceptors (Lipinski definition) is 5. The number of halogens is 1. The molecule has 1 aromatic heterocycles. The third-order valence-electron chi connectivity index (χ3n) is 4.49. The minimum atomic E-state index is -0.879. The lowest BCUT2D eigenvalue weighted by Crippen LogP contribution is -2.31. The van der Waals surface area contributed by atoms with Crippen molar-refractivity contribution in [1.82, 2.24) is 5.32 Å². The number of nitrogens with one attached hydrogen (secondary N) is 2. The van der Waals surface area contributed by atoms with E-state index in [0.29, 0.717) is 17.3 Å². The molecule has 0 bridgehead atoms. The highest BCUT2D eigenvalue weighted by Crippen LogP contribution is 2.39. The molecule has 0 aliphatic heterocycles. The summed E-state index contributed by atoms with van der Waals surface area (Å²) in [7, 11) is 1.16. The lowest BCUT2D eigenvalue weighted by Gasteiger charge is -2.18. The zero-order chi connectivity index (χ0) is 19.6. The van der Waals surface area contributed by atoms with Gasteiger partial charge in [-0.25, -0.2) is 9.18 Å². The Kier molecular flexibility index (Phi) is 5.55. The van der Waals surface area contributed by atoms with Crippen LogP contribution in [-0.4, -0.2) is 25.0 Å². The van der Waals surface area contributed by atoms with E-state index < -0.39 is 23.7 Å². The Labute approximate surface area is 159 Å². The molecule has 0 fully saturated rings. The van der Waals surface area contributed by atoms with E-state index in [9.17, 15) is 18.8 Å². The second-order valence-corrected chi connectivity index (χ2v) is 7.54. The molecule has 1 aliphatic rings. The summed E-state index contributed by atoms with van der Waals surface area (Å²) in [6.07, 6.45) is 1.49. The molecule has 3 amide bonds. The summed E-state index contributed by atoms with van der Waals surface area (Å²) >= 11 is 1.29. The maximum absolute atomic E-state index is 13.9. The van der Waals surface area contributed by atoms with Gasteiger partial charge in [0, 0.05) is 4.88 Å². The Morgan fingerprint density at radius 3 is 2.67 bits per heavy atom. The molecule has 3 rings (SSSR count). The van der Waals surface area contributed by atoms with E-state index in [0.717, 1.165) is 30.4 Å². The molecule has 1 heterocycles. The molecule has 0 unspecified atom stereocenters. The van der Waals surface area contributed by atoms with Gasteiger partial charge in [0.1, 0.15) is 10.8 Å². The van der Waals surface area contributed by atoms with Crippen LogP contribution < -0.4 is 10.6 Å². The molecule has 1 aromatic carbocycles. The number of thiophene rings is 1. The van der Waals surface area contributed by atoms with Crippen molar-refractivity contribution in [2.75, 3.05) is 12.4 Å². The zero-order valence-electron chi connectivity index (χ0n) is 14.9. The lowest BCUT2D eigenvalue weighted by atomic mass is 9.88. The number of hydrogen-bond donors (Lipinski definition) is 2. The second kappa shape index (κ2) is 7.87. The maximum atomic E-state index is 13.9. The molecule has 142 valence electrons. The minimum Gasteiger partial charge on any atom is -0.453 e. The van der Waals surface area contributed by atoms with E-state index in [1.54, 1.807) is 6.07 Å². The first-order valence-corrected chi connectivity index (χ1v) is 9.32. The first-order chi connectivity index (χ1) is 12.9. The van der Waals surface area contributed by atoms with Crippen molar-refractivity contribution in [3.05, 3.63) is 51.7 Å². The van der Waals surface area contributed by atoms with Crippen LogP contribution in [0.5, 0.6) is 0 Å². The third-order valence-corrected chi connectivity index (χ3v) is 5.66. The number of anilines is 1. The number of carbonyl (C=O) groups excluding carboxylic acids is 3. The smallest absolute Gasteiger partial charge is 0.413 e. The standard InChI is InChI=1S/C19H19FN2O4S/c1-10-7-8-12-14(9-10)27-18(15(12)17(24)22-19(25)26-2)21-16(23)11-5-3-4-6-13(11)20/h3-6,10H,7-9H2,1-2H3,(H,21,23)(H,22,24,25)/t10-/m1/s1. The number of benzene rings is 1. The monoisotopic (exact) mass is 390 g/mol. The van der Waals surface area contributed by atoms with Gasteiger partial charge in [0.15, 0.2) is 0 Å². The second-order valence-electron chi connectivity index (χ2n) is 6.44. The predicted molar refractivity (Wildman–Crippen MR) is 99.7 cm³/mol. The molecular formula is C19H19FN2O4S. The Hall–Kier alpha value is -2.74. The van der Waals surface area contributed by atoms with Gasteiger partial charge in [0.2, 0.25) is 0 Å². The first-order valence-electron chi connectivity index (χ1n) is 8.50. The van der Waals surface area contributed by atoms with E-state index >= 15 is 0 Å². The summed E-state index contributed by atoms with van der Waals surface area (Å²) in [4.78, 5) is 37.5. The molecule has 6 nitrogen and oxygen atoms in total. The van der Waals surface area contributed by atoms with E-state index in [-0.39, 0.29) is 11.1 Å². The molecule has 1 aliphatic carbocycles. The number of ether oxygens (including phenoxy) is 1. The fraction of sp³-hybridized carbons (Fsp3) is 0.316. The van der Waals surface area contributed by atoms with Crippen LogP contribution in [0, 0.1) is 11.7 Å². The van der Waals surface area contributed by atoms with Gasteiger partial charge in [0.05, 0.1) is 18.2 Å². The summed E-state index contributed by atoms with van der Waals surface area (Å²) in [5, 5.41) is 5.09. The van der Waals surface area contributed by atoms with E-state index in [1.807, 2.05) is 0 Å². The van der Waals surface area contributed by atoms with Gasteiger partial charge < -0.3 is 10.1 Å². The first kappa shape index (κ1) is 19.0. The van der Waals surface area contributed by atoms with Crippen LogP contribution in [0.2, 0.25) is 0 Å². The lowest BCUT2D eigenvalue weighted by molar-refractivity contribution is 0.0937. The quantitative estimate of drug-likeness (QED) is 0.836. The zero-order valence-corrected chi connectivity index (χ0v) is 15.7. The molecule has 0 saturated carbocycles. The van der Waals surface area contributed by atoms with Gasteiger partial charge >= 0.3 is 6.09 Å². The number of methoxy groups -OCH3 is 1. The van der Waals surface area contributed by atoms with Gasteiger partial charge in [-0.15, -0.1) is 11.3 Å². The number of alkyl carbamates (subject to hydrolysis) is 1. The Bertz CT molecular complexity index is 909. The van der Waals surface area contributed by atoms with Crippen LogP contribution >= 0.6 is 11.3 Å². The van der Waals surface area contributed by atoms with Gasteiger partial charge in [-0.3, -0.25) is 14.9 Å². The molecule has 0 radical (unpaired) electrons. The van der Waals surface area contributed by atoms with Crippen LogP contribution in [0.15, 0.2) is 24.3 Å². The van der Waals surface area contributed by atoms with Crippen molar-refractivity contribution in [3.63, 3.8) is 0 Å². The highest BCUT2D eigenvalue weighted by Gasteiger charge is 2.29. The summed E-state index contributed by atoms with van der Waals surface area (Å²) < 4.78 is 18.4. The third kappa shape index (κ3) is 4.00. The molecule has 2 N–H and O–H groups in total. The molecule has 27 heavy (non-hydrogen) atoms. The number of carbonyl (C=O) groups is 3. The van der Waals surface area contributed by atoms with Crippen molar-refractivity contribution in [1.29, 1.82) is 0 Å². The number of rotatable bonds is 3. The molecule has 0 spiro atoms. The summed E-state index contributed by atoms with van der Waals surface area (Å²) in [6.45, 7) is 2.12. The fourth-order valence-corrected chi connectivity index (χ4v) is 4.50. The number of imide groups is 1. The Morgan fingerprint density at radius 1 is 1.22 bits per heavy atom. The highest BCUT2D eigenvalue weighted by atomic mass is 32.1. The molecule has 2 aromatic rings. The van der Waals surface area contributed by atoms with Gasteiger partial charge in [0.25, 0.3) is 11.8 Å². The van der Waals surface area contributed by atoms with Crippen LogP contribution in [0.4, 0.5) is 14.2 Å². The van der Waals surface area contributed by atoms with Crippen molar-refractivity contribution < 1.29 is 23.5 Å². The van der Waals surface area contributed by atoms with E-state index in [2.05, 4.69) is 22.3 Å². The molecule has 0 saturated heterocycles. The normalized spacial score (nSPS) is 15.6. The van der Waals surface area contributed by atoms with Crippen molar-refractivity contribution in [2.45, 2.75) is 26.2 Å². The maximum Gasteiger partial charge on any atom is 0.413 e. The fourth-order valence-electron chi connectivity index (χ4n) is 3.10.